The van der Waals surface area contributed by atoms with Crippen LogP contribution in [0.3, 0.4) is 0 Å². The van der Waals surface area contributed by atoms with E-state index >= 15 is 0 Å². The van der Waals surface area contributed by atoms with E-state index in [1.807, 2.05) is 22.9 Å². The minimum atomic E-state index is -0.0677. The first-order valence-corrected chi connectivity index (χ1v) is 12.8. The standard InChI is InChI=1S/C30H34N6O/c1-23-9-7-10-24(2)28(23)36-30(31-32-33-36)29(26-14-16-27(37-3)17-15-26)35-21-19-34(20-22-35)18-8-13-25-11-5-4-6-12-25/h4-17,29H,18-22H2,1-3H3/b13-8+/t29-/m1/s1. The Hall–Kier alpha value is -3.81. The molecule has 7 nitrogen and oxygen atoms in total. The third-order valence-corrected chi connectivity index (χ3v) is 7.07. The minimum Gasteiger partial charge on any atom is -0.497 e. The fraction of sp³-hybridized carbons (Fsp3) is 0.300. The highest BCUT2D eigenvalue weighted by atomic mass is 16.5. The number of hydrogen-bond donors (Lipinski definition) is 0. The lowest BCUT2D eigenvalue weighted by atomic mass is 10.0. The first-order chi connectivity index (χ1) is 18.1. The molecule has 0 spiro atoms. The number of ether oxygens (including phenoxy) is 1. The van der Waals surface area contributed by atoms with Crippen molar-refractivity contribution in [3.05, 3.63) is 107 Å². The van der Waals surface area contributed by atoms with E-state index in [1.165, 1.54) is 5.56 Å². The van der Waals surface area contributed by atoms with Gasteiger partial charge in [-0.3, -0.25) is 9.80 Å². The molecule has 4 aromatic rings. The molecule has 1 fully saturated rings. The maximum atomic E-state index is 5.42. The van der Waals surface area contributed by atoms with Crippen LogP contribution in [0.15, 0.2) is 78.9 Å². The summed E-state index contributed by atoms with van der Waals surface area (Å²) in [6, 6.07) is 25.0. The summed E-state index contributed by atoms with van der Waals surface area (Å²) in [5.74, 6) is 1.67. The molecule has 0 saturated carbocycles. The second kappa shape index (κ2) is 11.5. The van der Waals surface area contributed by atoms with Gasteiger partial charge in [0.05, 0.1) is 18.8 Å². The van der Waals surface area contributed by atoms with E-state index in [4.69, 9.17) is 4.74 Å². The summed E-state index contributed by atoms with van der Waals surface area (Å²) in [5.41, 5.74) is 5.74. The summed E-state index contributed by atoms with van der Waals surface area (Å²) in [4.78, 5) is 4.99. The first-order valence-electron chi connectivity index (χ1n) is 12.8. The average molecular weight is 495 g/mol. The Kier molecular flexibility index (Phi) is 7.73. The highest BCUT2D eigenvalue weighted by molar-refractivity contribution is 5.49. The fourth-order valence-corrected chi connectivity index (χ4v) is 5.08. The molecule has 1 atom stereocenters. The van der Waals surface area contributed by atoms with Gasteiger partial charge in [-0.25, -0.2) is 0 Å². The number of para-hydroxylation sites is 1. The summed E-state index contributed by atoms with van der Waals surface area (Å²) >= 11 is 0. The molecule has 1 aliphatic heterocycles. The zero-order chi connectivity index (χ0) is 25.6. The van der Waals surface area contributed by atoms with Gasteiger partial charge in [0.2, 0.25) is 0 Å². The molecule has 37 heavy (non-hydrogen) atoms. The fourth-order valence-electron chi connectivity index (χ4n) is 5.08. The Morgan fingerprint density at radius 1 is 0.865 bits per heavy atom. The maximum Gasteiger partial charge on any atom is 0.178 e. The van der Waals surface area contributed by atoms with Crippen molar-refractivity contribution in [2.24, 2.45) is 0 Å². The van der Waals surface area contributed by atoms with Crippen LogP contribution in [-0.2, 0) is 0 Å². The zero-order valence-electron chi connectivity index (χ0n) is 21.8. The number of tetrazole rings is 1. The van der Waals surface area contributed by atoms with Crippen LogP contribution in [0.2, 0.25) is 0 Å². The van der Waals surface area contributed by atoms with Crippen molar-refractivity contribution < 1.29 is 4.74 Å². The molecule has 0 unspecified atom stereocenters. The van der Waals surface area contributed by atoms with Crippen molar-refractivity contribution in [3.63, 3.8) is 0 Å². The molecule has 1 aliphatic rings. The van der Waals surface area contributed by atoms with Crippen LogP contribution < -0.4 is 4.74 Å². The number of benzene rings is 3. The molecule has 0 amide bonds. The molecule has 190 valence electrons. The van der Waals surface area contributed by atoms with Crippen molar-refractivity contribution in [3.8, 4) is 11.4 Å². The number of nitrogens with zero attached hydrogens (tertiary/aromatic N) is 6. The van der Waals surface area contributed by atoms with E-state index in [9.17, 15) is 0 Å². The van der Waals surface area contributed by atoms with Gasteiger partial charge in [0.15, 0.2) is 5.82 Å². The van der Waals surface area contributed by atoms with Gasteiger partial charge < -0.3 is 4.74 Å². The predicted molar refractivity (Wildman–Crippen MR) is 147 cm³/mol. The molecule has 0 bridgehead atoms. The lowest BCUT2D eigenvalue weighted by Crippen LogP contribution is -2.48. The summed E-state index contributed by atoms with van der Waals surface area (Å²) in [7, 11) is 1.69. The van der Waals surface area contributed by atoms with E-state index in [0.717, 1.165) is 66.7 Å². The first kappa shape index (κ1) is 24.9. The molecule has 5 rings (SSSR count). The molecular weight excluding hydrogens is 460 g/mol. The maximum absolute atomic E-state index is 5.42. The Morgan fingerprint density at radius 3 is 2.24 bits per heavy atom. The van der Waals surface area contributed by atoms with E-state index in [-0.39, 0.29) is 6.04 Å². The summed E-state index contributed by atoms with van der Waals surface area (Å²) in [6.07, 6.45) is 4.46. The number of aromatic nitrogens is 4. The number of aryl methyl sites for hydroxylation is 2. The molecule has 7 heteroatoms. The Balaban J connectivity index is 1.39. The monoisotopic (exact) mass is 494 g/mol. The van der Waals surface area contributed by atoms with Gasteiger partial charge in [-0.15, -0.1) is 5.10 Å². The van der Waals surface area contributed by atoms with E-state index < -0.39 is 0 Å². The van der Waals surface area contributed by atoms with Crippen LogP contribution in [0.25, 0.3) is 11.8 Å². The highest BCUT2D eigenvalue weighted by Crippen LogP contribution is 2.31. The normalized spacial score (nSPS) is 15.8. The van der Waals surface area contributed by atoms with E-state index in [1.54, 1.807) is 7.11 Å². The molecular formula is C30H34N6O. The predicted octanol–water partition coefficient (Wildman–Crippen LogP) is 4.71. The average Bonchev–Trinajstić information content (AvgIpc) is 3.39. The Morgan fingerprint density at radius 2 is 1.57 bits per heavy atom. The largest absolute Gasteiger partial charge is 0.497 e. The quantitative estimate of drug-likeness (QED) is 0.354. The van der Waals surface area contributed by atoms with E-state index in [0.29, 0.717) is 0 Å². The molecule has 0 radical (unpaired) electrons. The number of rotatable bonds is 8. The third-order valence-electron chi connectivity index (χ3n) is 7.07. The molecule has 1 saturated heterocycles. The van der Waals surface area contributed by atoms with Crippen LogP contribution >= 0.6 is 0 Å². The topological polar surface area (TPSA) is 59.3 Å². The van der Waals surface area contributed by atoms with Gasteiger partial charge in [-0.2, -0.15) is 4.68 Å². The van der Waals surface area contributed by atoms with Gasteiger partial charge in [0.25, 0.3) is 0 Å². The SMILES string of the molecule is COc1ccc([C@H](c2nnnn2-c2c(C)cccc2C)N2CCN(C/C=C/c3ccccc3)CC2)cc1. The van der Waals surface area contributed by atoms with Crippen LogP contribution in [0.4, 0.5) is 0 Å². The van der Waals surface area contributed by atoms with Gasteiger partial charge in [-0.05, 0) is 58.7 Å². The van der Waals surface area contributed by atoms with Crippen LogP contribution in [0.1, 0.15) is 34.1 Å². The van der Waals surface area contributed by atoms with E-state index in [2.05, 4.69) is 106 Å². The second-order valence-corrected chi connectivity index (χ2v) is 9.51. The summed E-state index contributed by atoms with van der Waals surface area (Å²) in [6.45, 7) is 8.98. The minimum absolute atomic E-state index is 0.0677. The van der Waals surface area contributed by atoms with Gasteiger partial charge in [-0.1, -0.05) is 72.8 Å². The van der Waals surface area contributed by atoms with Crippen molar-refractivity contribution in [2.45, 2.75) is 19.9 Å². The molecule has 3 aromatic carbocycles. The summed E-state index contributed by atoms with van der Waals surface area (Å²) in [5, 5.41) is 13.2. The lowest BCUT2D eigenvalue weighted by molar-refractivity contribution is 0.113. The summed E-state index contributed by atoms with van der Waals surface area (Å²) < 4.78 is 7.35. The van der Waals surface area contributed by atoms with Gasteiger partial charge in [0.1, 0.15) is 5.75 Å². The smallest absolute Gasteiger partial charge is 0.178 e. The Bertz CT molecular complexity index is 1300. The zero-order valence-corrected chi connectivity index (χ0v) is 21.8. The molecule has 1 aromatic heterocycles. The highest BCUT2D eigenvalue weighted by Gasteiger charge is 2.31. The van der Waals surface area contributed by atoms with Gasteiger partial charge in [0, 0.05) is 32.7 Å². The van der Waals surface area contributed by atoms with Crippen LogP contribution in [0.5, 0.6) is 5.75 Å². The lowest BCUT2D eigenvalue weighted by Gasteiger charge is -2.38. The second-order valence-electron chi connectivity index (χ2n) is 9.51. The molecule has 0 N–H and O–H groups in total. The van der Waals surface area contributed by atoms with Crippen molar-refractivity contribution in [1.82, 2.24) is 30.0 Å². The number of piperazine rings is 1. The molecule has 2 heterocycles. The number of methoxy groups -OCH3 is 1. The number of hydrogen-bond acceptors (Lipinski definition) is 6. The van der Waals surface area contributed by atoms with Crippen molar-refractivity contribution in [1.29, 1.82) is 0 Å². The van der Waals surface area contributed by atoms with Crippen LogP contribution in [-0.4, -0.2) is 69.8 Å². The van der Waals surface area contributed by atoms with Crippen molar-refractivity contribution >= 4 is 6.08 Å². The Labute approximate surface area is 219 Å². The molecule has 0 aliphatic carbocycles. The van der Waals surface area contributed by atoms with Crippen molar-refractivity contribution in [2.75, 3.05) is 39.8 Å². The van der Waals surface area contributed by atoms with Gasteiger partial charge >= 0.3 is 0 Å². The third kappa shape index (κ3) is 5.63. The van der Waals surface area contributed by atoms with Crippen LogP contribution in [0, 0.1) is 13.8 Å².